The minimum atomic E-state index is 0.162. The Morgan fingerprint density at radius 1 is 1.24 bits per heavy atom. The van der Waals surface area contributed by atoms with Crippen LogP contribution in [0, 0.1) is 6.92 Å². The van der Waals surface area contributed by atoms with Gasteiger partial charge in [-0.05, 0) is 37.7 Å². The van der Waals surface area contributed by atoms with Crippen molar-refractivity contribution in [3.8, 4) is 5.75 Å². The molecule has 4 heteroatoms. The zero-order valence-electron chi connectivity index (χ0n) is 15.1. The number of aryl methyl sites for hydroxylation is 1. The lowest BCUT2D eigenvalue weighted by Gasteiger charge is -2.20. The number of fused-ring (bicyclic) bond motifs is 3. The molecule has 4 nitrogen and oxygen atoms in total. The molecule has 4 rings (SSSR count). The van der Waals surface area contributed by atoms with Gasteiger partial charge in [-0.3, -0.25) is 4.79 Å². The lowest BCUT2D eigenvalue weighted by atomic mass is 10.00. The van der Waals surface area contributed by atoms with Crippen LogP contribution in [0.25, 0.3) is 0 Å². The fourth-order valence-electron chi connectivity index (χ4n) is 4.04. The van der Waals surface area contributed by atoms with Crippen LogP contribution in [-0.2, 0) is 24.2 Å². The normalized spacial score (nSPS) is 18.5. The van der Waals surface area contributed by atoms with Crippen LogP contribution in [0.5, 0.6) is 5.75 Å². The van der Waals surface area contributed by atoms with Gasteiger partial charge >= 0.3 is 0 Å². The van der Waals surface area contributed by atoms with Crippen molar-refractivity contribution in [2.24, 2.45) is 0 Å². The molecule has 2 heterocycles. The van der Waals surface area contributed by atoms with Gasteiger partial charge in [0.2, 0.25) is 5.91 Å². The molecule has 25 heavy (non-hydrogen) atoms. The average molecular weight is 336 g/mol. The van der Waals surface area contributed by atoms with Crippen LogP contribution in [-0.4, -0.2) is 37.6 Å². The van der Waals surface area contributed by atoms with Gasteiger partial charge in [0.1, 0.15) is 11.9 Å². The van der Waals surface area contributed by atoms with Crippen molar-refractivity contribution in [1.29, 1.82) is 0 Å². The second-order valence-corrected chi connectivity index (χ2v) is 7.36. The van der Waals surface area contributed by atoms with E-state index in [1.54, 1.807) is 0 Å². The van der Waals surface area contributed by atoms with Crippen LogP contribution in [0.3, 0.4) is 0 Å². The molecule has 0 saturated heterocycles. The van der Waals surface area contributed by atoms with E-state index < -0.39 is 0 Å². The van der Waals surface area contributed by atoms with E-state index in [9.17, 15) is 4.79 Å². The lowest BCUT2D eigenvalue weighted by Crippen LogP contribution is -2.29. The Hall–Kier alpha value is -2.33. The second kappa shape index (κ2) is 6.19. The summed E-state index contributed by atoms with van der Waals surface area (Å²) in [4.78, 5) is 16.8. The molecule has 1 atom stereocenters. The van der Waals surface area contributed by atoms with Crippen molar-refractivity contribution in [2.45, 2.75) is 32.4 Å². The highest BCUT2D eigenvalue weighted by Gasteiger charge is 2.36. The molecule has 1 amide bonds. The molecule has 2 aromatic rings. The van der Waals surface area contributed by atoms with Gasteiger partial charge < -0.3 is 14.5 Å². The molecule has 1 unspecified atom stereocenters. The van der Waals surface area contributed by atoms with Gasteiger partial charge in [-0.2, -0.15) is 0 Å². The molecular formula is C21H24N2O2. The number of ether oxygens (including phenoxy) is 1. The summed E-state index contributed by atoms with van der Waals surface area (Å²) in [7, 11) is 4.13. The van der Waals surface area contributed by atoms with Gasteiger partial charge in [0.15, 0.2) is 0 Å². The first-order valence-electron chi connectivity index (χ1n) is 8.84. The number of likely N-dealkylation sites (N-methyl/N-ethyl adjacent to an activating group) is 1. The van der Waals surface area contributed by atoms with E-state index in [0.29, 0.717) is 13.0 Å². The van der Waals surface area contributed by atoms with E-state index >= 15 is 0 Å². The topological polar surface area (TPSA) is 32.8 Å². The fourth-order valence-corrected chi connectivity index (χ4v) is 4.04. The lowest BCUT2D eigenvalue weighted by molar-refractivity contribution is -0.117. The molecule has 130 valence electrons. The van der Waals surface area contributed by atoms with Gasteiger partial charge in [0.25, 0.3) is 0 Å². The molecule has 0 radical (unpaired) electrons. The summed E-state index contributed by atoms with van der Waals surface area (Å²) >= 11 is 0. The number of rotatable bonds is 4. The number of hydrogen-bond acceptors (Lipinski definition) is 3. The number of anilines is 1. The number of hydrogen-bond donors (Lipinski definition) is 0. The Morgan fingerprint density at radius 2 is 2.00 bits per heavy atom. The number of benzene rings is 2. The highest BCUT2D eigenvalue weighted by Crippen LogP contribution is 2.45. The van der Waals surface area contributed by atoms with Crippen molar-refractivity contribution in [1.82, 2.24) is 4.90 Å². The van der Waals surface area contributed by atoms with Crippen LogP contribution in [0.15, 0.2) is 36.4 Å². The van der Waals surface area contributed by atoms with Crippen LogP contribution in [0.1, 0.15) is 22.3 Å². The van der Waals surface area contributed by atoms with E-state index in [0.717, 1.165) is 35.5 Å². The van der Waals surface area contributed by atoms with Crippen LogP contribution in [0.2, 0.25) is 0 Å². The number of carbonyl (C=O) groups excluding carboxylic acids is 1. The highest BCUT2D eigenvalue weighted by molar-refractivity contribution is 6.03. The maximum absolute atomic E-state index is 12.7. The minimum Gasteiger partial charge on any atom is -0.488 e. The van der Waals surface area contributed by atoms with Crippen molar-refractivity contribution < 1.29 is 9.53 Å². The van der Waals surface area contributed by atoms with E-state index in [4.69, 9.17) is 4.74 Å². The van der Waals surface area contributed by atoms with E-state index in [-0.39, 0.29) is 12.0 Å². The predicted octanol–water partition coefficient (Wildman–Crippen LogP) is 2.95. The Kier molecular flexibility index (Phi) is 4.00. The second-order valence-electron chi connectivity index (χ2n) is 7.36. The molecule has 0 saturated carbocycles. The van der Waals surface area contributed by atoms with Crippen molar-refractivity contribution in [2.75, 3.05) is 25.5 Å². The molecule has 2 aliphatic rings. The molecule has 0 aliphatic carbocycles. The largest absolute Gasteiger partial charge is 0.488 e. The molecule has 0 aromatic heterocycles. The maximum Gasteiger partial charge on any atom is 0.231 e. The number of amides is 1. The van der Waals surface area contributed by atoms with Gasteiger partial charge in [0, 0.05) is 18.5 Å². The van der Waals surface area contributed by atoms with Crippen LogP contribution >= 0.6 is 0 Å². The van der Waals surface area contributed by atoms with E-state index in [2.05, 4.69) is 44.1 Å². The predicted molar refractivity (Wildman–Crippen MR) is 99.2 cm³/mol. The minimum absolute atomic E-state index is 0.162. The van der Waals surface area contributed by atoms with Gasteiger partial charge in [-0.1, -0.05) is 36.4 Å². The summed E-state index contributed by atoms with van der Waals surface area (Å²) in [5, 5.41) is 0. The Balaban J connectivity index is 1.68. The first-order chi connectivity index (χ1) is 12.0. The highest BCUT2D eigenvalue weighted by atomic mass is 16.5. The molecule has 0 spiro atoms. The first-order valence-corrected chi connectivity index (χ1v) is 8.84. The fraction of sp³-hybridized carbons (Fsp3) is 0.381. The molecule has 0 fully saturated rings. The molecular weight excluding hydrogens is 312 g/mol. The summed E-state index contributed by atoms with van der Waals surface area (Å²) in [6.45, 7) is 3.62. The third-order valence-corrected chi connectivity index (χ3v) is 5.00. The van der Waals surface area contributed by atoms with Gasteiger partial charge in [0.05, 0.1) is 18.7 Å². The number of nitrogens with zero attached hydrogens (tertiary/aromatic N) is 2. The zero-order valence-corrected chi connectivity index (χ0v) is 15.1. The summed E-state index contributed by atoms with van der Waals surface area (Å²) in [6.07, 6.45) is 1.55. The SMILES string of the molecule is Cc1cc2c(c3c1N(Cc1ccccc1)C(=O)C3)OC(CN(C)C)C2. The molecule has 0 N–H and O–H groups in total. The first kappa shape index (κ1) is 16.2. The van der Waals surface area contributed by atoms with Crippen molar-refractivity contribution in [3.63, 3.8) is 0 Å². The standard InChI is InChI=1S/C21H24N2O2/c1-14-9-16-10-17(13-22(2)3)25-21(16)18-11-19(24)23(20(14)18)12-15-7-5-4-6-8-15/h4-9,17H,10-13H2,1-3H3. The summed E-state index contributed by atoms with van der Waals surface area (Å²) in [5.41, 5.74) is 5.70. The quantitative estimate of drug-likeness (QED) is 0.861. The summed E-state index contributed by atoms with van der Waals surface area (Å²) in [5.74, 6) is 1.12. The smallest absolute Gasteiger partial charge is 0.231 e. The third kappa shape index (κ3) is 2.91. The Labute approximate surface area is 149 Å². The average Bonchev–Trinajstić information content (AvgIpc) is 3.09. The van der Waals surface area contributed by atoms with Crippen LogP contribution in [0.4, 0.5) is 5.69 Å². The number of carbonyl (C=O) groups is 1. The Bertz CT molecular complexity index is 814. The molecule has 2 aliphatic heterocycles. The van der Waals surface area contributed by atoms with Gasteiger partial charge in [-0.15, -0.1) is 0 Å². The monoisotopic (exact) mass is 336 g/mol. The van der Waals surface area contributed by atoms with Crippen LogP contribution < -0.4 is 9.64 Å². The van der Waals surface area contributed by atoms with E-state index in [1.807, 2.05) is 23.1 Å². The maximum atomic E-state index is 12.7. The molecule has 0 bridgehead atoms. The summed E-state index contributed by atoms with van der Waals surface area (Å²) < 4.78 is 6.24. The van der Waals surface area contributed by atoms with Crippen molar-refractivity contribution >= 4 is 11.6 Å². The Morgan fingerprint density at radius 3 is 2.72 bits per heavy atom. The van der Waals surface area contributed by atoms with E-state index in [1.165, 1.54) is 11.1 Å². The molecule has 2 aromatic carbocycles. The van der Waals surface area contributed by atoms with Crippen molar-refractivity contribution in [3.05, 3.63) is 58.7 Å². The van der Waals surface area contributed by atoms with Gasteiger partial charge in [-0.25, -0.2) is 0 Å². The third-order valence-electron chi connectivity index (χ3n) is 5.00. The zero-order chi connectivity index (χ0) is 17.6. The summed E-state index contributed by atoms with van der Waals surface area (Å²) in [6, 6.07) is 12.4.